The Balaban J connectivity index is 2.70. The summed E-state index contributed by atoms with van der Waals surface area (Å²) >= 11 is 3.00. The van der Waals surface area contributed by atoms with E-state index in [2.05, 4.69) is 15.9 Å². The zero-order chi connectivity index (χ0) is 13.7. The standard InChI is InChI=1S/C13H17BrF2O2/c1-8(7-18-2)5-9(17)6-10-12(15)4-3-11(14)13(10)16/h3-4,8-9,17H,5-7H2,1-2H3. The lowest BCUT2D eigenvalue weighted by Gasteiger charge is -2.16. The molecule has 0 fully saturated rings. The van der Waals surface area contributed by atoms with Crippen molar-refractivity contribution >= 4 is 15.9 Å². The molecule has 18 heavy (non-hydrogen) atoms. The van der Waals surface area contributed by atoms with E-state index in [-0.39, 0.29) is 22.4 Å². The van der Waals surface area contributed by atoms with Gasteiger partial charge in [0.25, 0.3) is 0 Å². The summed E-state index contributed by atoms with van der Waals surface area (Å²) in [4.78, 5) is 0. The van der Waals surface area contributed by atoms with Gasteiger partial charge in [-0.25, -0.2) is 8.78 Å². The zero-order valence-electron chi connectivity index (χ0n) is 10.4. The van der Waals surface area contributed by atoms with Crippen LogP contribution in [0.2, 0.25) is 0 Å². The number of ether oxygens (including phenoxy) is 1. The van der Waals surface area contributed by atoms with Gasteiger partial charge in [-0.05, 0) is 40.4 Å². The second-order valence-electron chi connectivity index (χ2n) is 4.48. The second-order valence-corrected chi connectivity index (χ2v) is 5.33. The van der Waals surface area contributed by atoms with Crippen molar-refractivity contribution in [2.75, 3.05) is 13.7 Å². The first-order chi connectivity index (χ1) is 8.45. The third-order valence-electron chi connectivity index (χ3n) is 2.70. The number of aliphatic hydroxyl groups is 1. The van der Waals surface area contributed by atoms with Crippen LogP contribution >= 0.6 is 15.9 Å². The molecule has 5 heteroatoms. The molecule has 0 spiro atoms. The van der Waals surface area contributed by atoms with Crippen LogP contribution < -0.4 is 0 Å². The summed E-state index contributed by atoms with van der Waals surface area (Å²) in [5.41, 5.74) is -0.0820. The van der Waals surface area contributed by atoms with Gasteiger partial charge in [0.2, 0.25) is 0 Å². The SMILES string of the molecule is COCC(C)CC(O)Cc1c(F)ccc(Br)c1F. The van der Waals surface area contributed by atoms with Gasteiger partial charge in [0.1, 0.15) is 11.6 Å². The number of rotatable bonds is 6. The lowest BCUT2D eigenvalue weighted by atomic mass is 9.98. The highest BCUT2D eigenvalue weighted by Crippen LogP contribution is 2.23. The molecule has 0 heterocycles. The molecule has 0 aliphatic carbocycles. The first kappa shape index (κ1) is 15.5. The van der Waals surface area contributed by atoms with Gasteiger partial charge in [-0.3, -0.25) is 0 Å². The first-order valence-corrected chi connectivity index (χ1v) is 6.54. The molecular weight excluding hydrogens is 306 g/mol. The number of halogens is 3. The average molecular weight is 323 g/mol. The minimum atomic E-state index is -0.784. The summed E-state index contributed by atoms with van der Waals surface area (Å²) in [5.74, 6) is -1.13. The zero-order valence-corrected chi connectivity index (χ0v) is 12.0. The molecule has 2 atom stereocenters. The summed E-state index contributed by atoms with van der Waals surface area (Å²) in [7, 11) is 1.58. The second kappa shape index (κ2) is 7.16. The highest BCUT2D eigenvalue weighted by Gasteiger charge is 2.18. The molecular formula is C13H17BrF2O2. The fraction of sp³-hybridized carbons (Fsp3) is 0.538. The fourth-order valence-electron chi connectivity index (χ4n) is 1.89. The van der Waals surface area contributed by atoms with E-state index in [9.17, 15) is 13.9 Å². The largest absolute Gasteiger partial charge is 0.393 e. The van der Waals surface area contributed by atoms with E-state index in [4.69, 9.17) is 4.74 Å². The Morgan fingerprint density at radius 3 is 2.67 bits per heavy atom. The van der Waals surface area contributed by atoms with Crippen LogP contribution in [0.1, 0.15) is 18.9 Å². The van der Waals surface area contributed by atoms with E-state index in [1.54, 1.807) is 7.11 Å². The number of hydrogen-bond donors (Lipinski definition) is 1. The quantitative estimate of drug-likeness (QED) is 0.814. The molecule has 0 radical (unpaired) electrons. The molecule has 2 nitrogen and oxygen atoms in total. The summed E-state index contributed by atoms with van der Waals surface area (Å²) in [6.07, 6.45) is -0.377. The highest BCUT2D eigenvalue weighted by molar-refractivity contribution is 9.10. The van der Waals surface area contributed by atoms with Crippen molar-refractivity contribution in [1.29, 1.82) is 0 Å². The third kappa shape index (κ3) is 4.30. The van der Waals surface area contributed by atoms with Crippen LogP contribution in [0.5, 0.6) is 0 Å². The van der Waals surface area contributed by atoms with Gasteiger partial charge < -0.3 is 9.84 Å². The molecule has 0 saturated carbocycles. The monoisotopic (exact) mass is 322 g/mol. The van der Waals surface area contributed by atoms with E-state index in [1.807, 2.05) is 6.92 Å². The van der Waals surface area contributed by atoms with Crippen molar-refractivity contribution in [2.24, 2.45) is 5.92 Å². The van der Waals surface area contributed by atoms with Crippen molar-refractivity contribution in [3.63, 3.8) is 0 Å². The molecule has 0 amide bonds. The number of methoxy groups -OCH3 is 1. The van der Waals surface area contributed by atoms with Crippen molar-refractivity contribution < 1.29 is 18.6 Å². The maximum Gasteiger partial charge on any atom is 0.143 e. The third-order valence-corrected chi connectivity index (χ3v) is 3.32. The van der Waals surface area contributed by atoms with Crippen LogP contribution in [0, 0.1) is 17.6 Å². The summed E-state index contributed by atoms with van der Waals surface area (Å²) in [5, 5.41) is 9.84. The topological polar surface area (TPSA) is 29.5 Å². The van der Waals surface area contributed by atoms with Gasteiger partial charge in [0, 0.05) is 25.7 Å². The molecule has 0 aromatic heterocycles. The van der Waals surface area contributed by atoms with Gasteiger partial charge in [-0.15, -0.1) is 0 Å². The van der Waals surface area contributed by atoms with E-state index in [0.29, 0.717) is 13.0 Å². The van der Waals surface area contributed by atoms with Crippen molar-refractivity contribution in [3.05, 3.63) is 33.8 Å². The predicted molar refractivity (Wildman–Crippen MR) is 69.4 cm³/mol. The number of hydrogen-bond acceptors (Lipinski definition) is 2. The molecule has 1 N–H and O–H groups in total. The summed E-state index contributed by atoms with van der Waals surface area (Å²) in [6.45, 7) is 2.43. The van der Waals surface area contributed by atoms with Crippen molar-refractivity contribution in [2.45, 2.75) is 25.9 Å². The normalized spacial score (nSPS) is 14.6. The summed E-state index contributed by atoms with van der Waals surface area (Å²) in [6, 6.07) is 2.50. The van der Waals surface area contributed by atoms with Crippen LogP contribution in [0.25, 0.3) is 0 Å². The summed E-state index contributed by atoms with van der Waals surface area (Å²) < 4.78 is 32.3. The molecule has 1 aromatic carbocycles. The maximum absolute atomic E-state index is 13.7. The van der Waals surface area contributed by atoms with E-state index in [1.165, 1.54) is 12.1 Å². The maximum atomic E-state index is 13.7. The van der Waals surface area contributed by atoms with Gasteiger partial charge in [0.15, 0.2) is 0 Å². The smallest absolute Gasteiger partial charge is 0.143 e. The number of benzene rings is 1. The van der Waals surface area contributed by atoms with Gasteiger partial charge >= 0.3 is 0 Å². The Labute approximate surface area is 114 Å². The molecule has 1 aromatic rings. The van der Waals surface area contributed by atoms with Crippen LogP contribution in [0.15, 0.2) is 16.6 Å². The molecule has 0 aliphatic heterocycles. The molecule has 0 saturated heterocycles. The van der Waals surface area contributed by atoms with E-state index >= 15 is 0 Å². The van der Waals surface area contributed by atoms with E-state index in [0.717, 1.165) is 0 Å². The van der Waals surface area contributed by atoms with E-state index < -0.39 is 17.7 Å². The van der Waals surface area contributed by atoms with Crippen molar-refractivity contribution in [3.8, 4) is 0 Å². The molecule has 0 bridgehead atoms. The highest BCUT2D eigenvalue weighted by atomic mass is 79.9. The molecule has 2 unspecified atom stereocenters. The van der Waals surface area contributed by atoms with Crippen LogP contribution in [-0.4, -0.2) is 24.9 Å². The van der Waals surface area contributed by atoms with Gasteiger partial charge in [0.05, 0.1) is 10.6 Å². The van der Waals surface area contributed by atoms with Gasteiger partial charge in [-0.1, -0.05) is 6.92 Å². The Hall–Kier alpha value is -0.520. The lowest BCUT2D eigenvalue weighted by molar-refractivity contribution is 0.101. The van der Waals surface area contributed by atoms with Crippen molar-refractivity contribution in [1.82, 2.24) is 0 Å². The molecule has 1 rings (SSSR count). The van der Waals surface area contributed by atoms with Crippen LogP contribution in [-0.2, 0) is 11.2 Å². The predicted octanol–water partition coefficient (Wildman–Crippen LogP) is 3.30. The Kier molecular flexibility index (Phi) is 6.18. The molecule has 0 aliphatic rings. The number of aliphatic hydroxyl groups excluding tert-OH is 1. The minimum absolute atomic E-state index is 0.0365. The molecule has 102 valence electrons. The van der Waals surface area contributed by atoms with Crippen LogP contribution in [0.4, 0.5) is 8.78 Å². The Bertz CT molecular complexity index is 399. The average Bonchev–Trinajstić information content (AvgIpc) is 2.30. The van der Waals surface area contributed by atoms with Crippen LogP contribution in [0.3, 0.4) is 0 Å². The lowest BCUT2D eigenvalue weighted by Crippen LogP contribution is -2.18. The first-order valence-electron chi connectivity index (χ1n) is 5.75. The Morgan fingerprint density at radius 2 is 2.06 bits per heavy atom. The Morgan fingerprint density at radius 1 is 1.39 bits per heavy atom. The van der Waals surface area contributed by atoms with Gasteiger partial charge in [-0.2, -0.15) is 0 Å². The fourth-order valence-corrected chi connectivity index (χ4v) is 2.26. The minimum Gasteiger partial charge on any atom is -0.393 e.